The summed E-state index contributed by atoms with van der Waals surface area (Å²) >= 11 is 0. The fraction of sp³-hybridized carbons (Fsp3) is 0.500. The molecule has 1 heterocycles. The molecule has 0 fully saturated rings. The molecule has 0 radical (unpaired) electrons. The number of sulfonamides is 1. The van der Waals surface area contributed by atoms with E-state index in [1.807, 2.05) is 0 Å². The Hall–Kier alpha value is -1.04. The summed E-state index contributed by atoms with van der Waals surface area (Å²) in [6, 6.07) is 0. The van der Waals surface area contributed by atoms with Gasteiger partial charge < -0.3 is 0 Å². The number of aromatic nitrogens is 2. The van der Waals surface area contributed by atoms with Gasteiger partial charge in [0.1, 0.15) is 5.82 Å². The Labute approximate surface area is 71.2 Å². The number of hydrogen-bond donors (Lipinski definition) is 2. The predicted molar refractivity (Wildman–Crippen MR) is 46.4 cm³/mol. The van der Waals surface area contributed by atoms with Crippen molar-refractivity contribution in [1.29, 1.82) is 0 Å². The molecule has 1 aromatic rings. The third-order valence-corrected chi connectivity index (χ3v) is 2.74. The summed E-state index contributed by atoms with van der Waals surface area (Å²) in [6.45, 7) is 3.35. The van der Waals surface area contributed by atoms with Crippen LogP contribution in [0.4, 0.5) is 5.82 Å². The quantitative estimate of drug-likeness (QED) is 0.726. The lowest BCUT2D eigenvalue weighted by Crippen LogP contribution is -2.15. The van der Waals surface area contributed by atoms with Crippen LogP contribution in [0.15, 0.2) is 6.20 Å². The fourth-order valence-corrected chi connectivity index (χ4v) is 1.34. The van der Waals surface area contributed by atoms with Gasteiger partial charge in [-0.15, -0.1) is 0 Å². The van der Waals surface area contributed by atoms with Gasteiger partial charge in [-0.3, -0.25) is 9.82 Å². The highest BCUT2D eigenvalue weighted by Gasteiger charge is 2.09. The first-order valence-corrected chi connectivity index (χ1v) is 5.21. The van der Waals surface area contributed by atoms with E-state index >= 15 is 0 Å². The molecule has 0 aliphatic heterocycles. The van der Waals surface area contributed by atoms with Crippen LogP contribution in [-0.4, -0.2) is 24.4 Å². The van der Waals surface area contributed by atoms with Crippen LogP contribution in [0.2, 0.25) is 0 Å². The summed E-state index contributed by atoms with van der Waals surface area (Å²) in [6.07, 6.45) is 1.56. The van der Waals surface area contributed by atoms with E-state index in [2.05, 4.69) is 14.9 Å². The highest BCUT2D eigenvalue weighted by Crippen LogP contribution is 2.10. The first-order valence-electron chi connectivity index (χ1n) is 3.55. The molecule has 1 aromatic heterocycles. The van der Waals surface area contributed by atoms with Crippen molar-refractivity contribution in [2.75, 3.05) is 10.5 Å². The average Bonchev–Trinajstić information content (AvgIpc) is 2.36. The Morgan fingerprint density at radius 1 is 1.67 bits per heavy atom. The van der Waals surface area contributed by atoms with Crippen molar-refractivity contribution in [2.45, 2.75) is 13.8 Å². The maximum atomic E-state index is 11.1. The van der Waals surface area contributed by atoms with Gasteiger partial charge in [0.05, 0.1) is 11.9 Å². The van der Waals surface area contributed by atoms with E-state index in [1.54, 1.807) is 20.0 Å². The van der Waals surface area contributed by atoms with Crippen molar-refractivity contribution in [2.24, 2.45) is 0 Å². The number of aromatic amines is 1. The lowest BCUT2D eigenvalue weighted by molar-refractivity contribution is 0.602. The van der Waals surface area contributed by atoms with Gasteiger partial charge in [0.2, 0.25) is 10.0 Å². The number of aryl methyl sites for hydroxylation is 1. The Bertz CT molecular complexity index is 355. The topological polar surface area (TPSA) is 74.8 Å². The zero-order valence-electron chi connectivity index (χ0n) is 6.96. The number of hydrogen-bond acceptors (Lipinski definition) is 3. The van der Waals surface area contributed by atoms with Gasteiger partial charge in [0, 0.05) is 5.56 Å². The van der Waals surface area contributed by atoms with E-state index in [1.165, 1.54) is 0 Å². The number of nitrogens with one attached hydrogen (secondary N) is 2. The lowest BCUT2D eigenvalue weighted by Gasteiger charge is -2.02. The second-order valence-corrected chi connectivity index (χ2v) is 4.44. The van der Waals surface area contributed by atoms with E-state index in [9.17, 15) is 8.42 Å². The van der Waals surface area contributed by atoms with Gasteiger partial charge in [-0.2, -0.15) is 5.10 Å². The van der Waals surface area contributed by atoms with E-state index < -0.39 is 10.0 Å². The normalized spacial score (nSPS) is 11.5. The van der Waals surface area contributed by atoms with Crippen molar-refractivity contribution in [3.63, 3.8) is 0 Å². The minimum atomic E-state index is -3.19. The van der Waals surface area contributed by atoms with Crippen LogP contribution < -0.4 is 4.72 Å². The van der Waals surface area contributed by atoms with Gasteiger partial charge >= 0.3 is 0 Å². The molecule has 0 saturated carbocycles. The van der Waals surface area contributed by atoms with Crippen molar-refractivity contribution in [3.8, 4) is 0 Å². The molecule has 0 aliphatic carbocycles. The molecule has 0 spiro atoms. The van der Waals surface area contributed by atoms with Crippen LogP contribution in [0.3, 0.4) is 0 Å². The molecule has 0 unspecified atom stereocenters. The molecule has 0 saturated heterocycles. The number of H-pyrrole nitrogens is 1. The van der Waals surface area contributed by atoms with Crippen LogP contribution in [0.25, 0.3) is 0 Å². The Balaban J connectivity index is 2.84. The standard InChI is InChI=1S/C6H11N3O2S/c1-3-12(10,11)9-6-5(2)4-7-8-6/h4H,3H2,1-2H3,(H2,7,8,9). The van der Waals surface area contributed by atoms with Gasteiger partial charge in [0.15, 0.2) is 0 Å². The van der Waals surface area contributed by atoms with Crippen molar-refractivity contribution in [1.82, 2.24) is 10.2 Å². The molecule has 0 amide bonds. The Morgan fingerprint density at radius 2 is 2.33 bits per heavy atom. The smallest absolute Gasteiger partial charge is 0.233 e. The Morgan fingerprint density at radius 3 is 2.75 bits per heavy atom. The van der Waals surface area contributed by atoms with E-state index in [4.69, 9.17) is 0 Å². The van der Waals surface area contributed by atoms with Crippen LogP contribution in [0, 0.1) is 6.92 Å². The molecule has 0 atom stereocenters. The molecule has 0 bridgehead atoms. The molecule has 6 heteroatoms. The molecular formula is C6H11N3O2S. The first kappa shape index (κ1) is 9.05. The molecule has 0 aliphatic rings. The maximum Gasteiger partial charge on any atom is 0.233 e. The van der Waals surface area contributed by atoms with Crippen molar-refractivity contribution in [3.05, 3.63) is 11.8 Å². The van der Waals surface area contributed by atoms with Crippen LogP contribution >= 0.6 is 0 Å². The van der Waals surface area contributed by atoms with Crippen molar-refractivity contribution < 1.29 is 8.42 Å². The minimum Gasteiger partial charge on any atom is -0.268 e. The highest BCUT2D eigenvalue weighted by atomic mass is 32.2. The van der Waals surface area contributed by atoms with Crippen LogP contribution in [-0.2, 0) is 10.0 Å². The summed E-state index contributed by atoms with van der Waals surface area (Å²) in [4.78, 5) is 0. The second kappa shape index (κ2) is 3.14. The summed E-state index contributed by atoms with van der Waals surface area (Å²) in [5.74, 6) is 0.503. The van der Waals surface area contributed by atoms with Gasteiger partial charge in [-0.25, -0.2) is 8.42 Å². The third-order valence-electron chi connectivity index (χ3n) is 1.47. The van der Waals surface area contributed by atoms with E-state index in [0.717, 1.165) is 5.56 Å². The zero-order valence-corrected chi connectivity index (χ0v) is 7.77. The van der Waals surface area contributed by atoms with Crippen molar-refractivity contribution >= 4 is 15.8 Å². The van der Waals surface area contributed by atoms with Gasteiger partial charge in [0.25, 0.3) is 0 Å². The number of rotatable bonds is 3. The van der Waals surface area contributed by atoms with E-state index in [0.29, 0.717) is 5.82 Å². The van der Waals surface area contributed by atoms with E-state index in [-0.39, 0.29) is 5.75 Å². The van der Waals surface area contributed by atoms with Gasteiger partial charge in [-0.1, -0.05) is 0 Å². The lowest BCUT2D eigenvalue weighted by atomic mass is 10.4. The predicted octanol–water partition coefficient (Wildman–Crippen LogP) is 0.480. The first-order chi connectivity index (χ1) is 5.55. The average molecular weight is 189 g/mol. The number of anilines is 1. The van der Waals surface area contributed by atoms with Crippen LogP contribution in [0.1, 0.15) is 12.5 Å². The maximum absolute atomic E-state index is 11.1. The molecule has 68 valence electrons. The summed E-state index contributed by atoms with van der Waals surface area (Å²) < 4.78 is 24.5. The fourth-order valence-electron chi connectivity index (χ4n) is 0.677. The second-order valence-electron chi connectivity index (χ2n) is 2.43. The third kappa shape index (κ3) is 1.97. The molecule has 1 rings (SSSR count). The SMILES string of the molecule is CCS(=O)(=O)Nc1[nH]ncc1C. The zero-order chi connectivity index (χ0) is 9.19. The minimum absolute atomic E-state index is 0.0610. The number of nitrogens with zero attached hydrogens (tertiary/aromatic N) is 1. The summed E-state index contributed by atoms with van der Waals surface area (Å²) in [5, 5.41) is 6.24. The molecule has 2 N–H and O–H groups in total. The largest absolute Gasteiger partial charge is 0.268 e. The monoisotopic (exact) mass is 189 g/mol. The molecule has 12 heavy (non-hydrogen) atoms. The highest BCUT2D eigenvalue weighted by molar-refractivity contribution is 7.92. The summed E-state index contributed by atoms with van der Waals surface area (Å²) in [5.41, 5.74) is 0.784. The molecule has 5 nitrogen and oxygen atoms in total. The summed E-state index contributed by atoms with van der Waals surface area (Å²) in [7, 11) is -3.19. The van der Waals surface area contributed by atoms with Crippen LogP contribution in [0.5, 0.6) is 0 Å². The molecular weight excluding hydrogens is 178 g/mol. The molecule has 0 aromatic carbocycles. The Kier molecular flexibility index (Phi) is 2.37. The van der Waals surface area contributed by atoms with Gasteiger partial charge in [-0.05, 0) is 13.8 Å².